The van der Waals surface area contributed by atoms with Crippen LogP contribution >= 0.6 is 11.6 Å². The van der Waals surface area contributed by atoms with Crippen LogP contribution in [0.15, 0.2) is 47.6 Å². The zero-order valence-electron chi connectivity index (χ0n) is 13.5. The molecular formula is C17H13ClN4O4. The van der Waals surface area contributed by atoms with Crippen molar-refractivity contribution < 1.29 is 14.5 Å². The Balaban J connectivity index is 1.94. The van der Waals surface area contributed by atoms with Crippen LogP contribution in [0.25, 0.3) is 0 Å². The maximum Gasteiger partial charge on any atom is 0.288 e. The molecule has 8 nitrogen and oxygen atoms in total. The average molecular weight is 373 g/mol. The molecule has 2 aromatic rings. The molecule has 0 aromatic heterocycles. The van der Waals surface area contributed by atoms with E-state index in [1.54, 1.807) is 24.3 Å². The minimum atomic E-state index is -0.834. The van der Waals surface area contributed by atoms with Gasteiger partial charge in [0.15, 0.2) is 6.10 Å². The molecule has 0 aliphatic rings. The van der Waals surface area contributed by atoms with Crippen molar-refractivity contribution in [3.05, 3.63) is 68.7 Å². The Morgan fingerprint density at radius 2 is 2.08 bits per heavy atom. The first kappa shape index (κ1) is 18.9. The van der Waals surface area contributed by atoms with E-state index in [1.165, 1.54) is 31.3 Å². The lowest BCUT2D eigenvalue weighted by molar-refractivity contribution is -0.384. The second-order valence-corrected chi connectivity index (χ2v) is 5.51. The van der Waals surface area contributed by atoms with Gasteiger partial charge in [-0.3, -0.25) is 14.9 Å². The van der Waals surface area contributed by atoms with E-state index >= 15 is 0 Å². The van der Waals surface area contributed by atoms with Crippen molar-refractivity contribution in [1.29, 1.82) is 5.26 Å². The number of nitro benzene ring substituents is 1. The molecule has 1 N–H and O–H groups in total. The number of nitriles is 1. The maximum absolute atomic E-state index is 12.0. The van der Waals surface area contributed by atoms with Gasteiger partial charge in [0.2, 0.25) is 0 Å². The number of carbonyl (C=O) groups is 1. The Morgan fingerprint density at radius 1 is 1.38 bits per heavy atom. The average Bonchev–Trinajstić information content (AvgIpc) is 2.63. The number of nitrogens with zero attached hydrogens (tertiary/aromatic N) is 3. The number of ether oxygens (including phenoxy) is 1. The van der Waals surface area contributed by atoms with Crippen LogP contribution in [0.5, 0.6) is 5.75 Å². The SMILES string of the molecule is CC(Oc1ccc(C#N)cc1)C(=O)N/N=C/c1ccc(Cl)c([N+](=O)[O-])c1. The highest BCUT2D eigenvalue weighted by Crippen LogP contribution is 2.24. The molecule has 2 rings (SSSR count). The molecule has 0 saturated heterocycles. The number of nitrogens with one attached hydrogen (secondary N) is 1. The third-order valence-corrected chi connectivity index (χ3v) is 3.54. The van der Waals surface area contributed by atoms with E-state index in [4.69, 9.17) is 21.6 Å². The summed E-state index contributed by atoms with van der Waals surface area (Å²) in [6, 6.07) is 12.4. The minimum Gasteiger partial charge on any atom is -0.481 e. The van der Waals surface area contributed by atoms with Gasteiger partial charge in [0, 0.05) is 11.6 Å². The number of rotatable bonds is 6. The van der Waals surface area contributed by atoms with Crippen molar-refractivity contribution in [2.24, 2.45) is 5.10 Å². The summed E-state index contributed by atoms with van der Waals surface area (Å²) in [4.78, 5) is 22.2. The molecule has 0 radical (unpaired) electrons. The fraction of sp³-hybridized carbons (Fsp3) is 0.118. The molecular weight excluding hydrogens is 360 g/mol. The van der Waals surface area contributed by atoms with Crippen molar-refractivity contribution >= 4 is 29.4 Å². The molecule has 0 spiro atoms. The van der Waals surface area contributed by atoms with Gasteiger partial charge in [-0.25, -0.2) is 5.43 Å². The first-order chi connectivity index (χ1) is 12.4. The van der Waals surface area contributed by atoms with E-state index in [0.717, 1.165) is 0 Å². The van der Waals surface area contributed by atoms with Gasteiger partial charge in [-0.2, -0.15) is 10.4 Å². The standard InChI is InChI=1S/C17H13ClN4O4/c1-11(26-14-5-2-12(9-19)3-6-14)17(23)21-20-10-13-4-7-15(18)16(8-13)22(24)25/h2-8,10-11H,1H3,(H,21,23)/b20-10+. The summed E-state index contributed by atoms with van der Waals surface area (Å²) in [7, 11) is 0. The number of carbonyl (C=O) groups excluding carboxylic acids is 1. The van der Waals surface area contributed by atoms with E-state index in [9.17, 15) is 14.9 Å². The highest BCUT2D eigenvalue weighted by molar-refractivity contribution is 6.32. The molecule has 132 valence electrons. The fourth-order valence-electron chi connectivity index (χ4n) is 1.88. The van der Waals surface area contributed by atoms with Crippen molar-refractivity contribution in [2.75, 3.05) is 0 Å². The van der Waals surface area contributed by atoms with Crippen molar-refractivity contribution in [2.45, 2.75) is 13.0 Å². The predicted molar refractivity (Wildman–Crippen MR) is 95.1 cm³/mol. The summed E-state index contributed by atoms with van der Waals surface area (Å²) in [6.07, 6.45) is 0.426. The maximum atomic E-state index is 12.0. The van der Waals surface area contributed by atoms with Gasteiger partial charge < -0.3 is 4.74 Å². The third-order valence-electron chi connectivity index (χ3n) is 3.22. The highest BCUT2D eigenvalue weighted by Gasteiger charge is 2.14. The minimum absolute atomic E-state index is 0.0145. The summed E-state index contributed by atoms with van der Waals surface area (Å²) in [6.45, 7) is 1.54. The molecule has 0 fully saturated rings. The van der Waals surface area contributed by atoms with Gasteiger partial charge >= 0.3 is 0 Å². The van der Waals surface area contributed by atoms with Gasteiger partial charge in [0.1, 0.15) is 10.8 Å². The van der Waals surface area contributed by atoms with Gasteiger partial charge in [-0.15, -0.1) is 0 Å². The molecule has 26 heavy (non-hydrogen) atoms. The number of amides is 1. The monoisotopic (exact) mass is 372 g/mol. The van der Waals surface area contributed by atoms with E-state index in [0.29, 0.717) is 16.9 Å². The second kappa shape index (κ2) is 8.60. The summed E-state index contributed by atoms with van der Waals surface area (Å²) in [5, 5.41) is 23.3. The molecule has 0 saturated carbocycles. The number of benzene rings is 2. The molecule has 0 aliphatic heterocycles. The lowest BCUT2D eigenvalue weighted by Crippen LogP contribution is -2.33. The molecule has 9 heteroatoms. The highest BCUT2D eigenvalue weighted by atomic mass is 35.5. The quantitative estimate of drug-likeness (QED) is 0.475. The number of halogens is 1. The van der Waals surface area contributed by atoms with Crippen LogP contribution < -0.4 is 10.2 Å². The number of hydrogen-bond acceptors (Lipinski definition) is 6. The largest absolute Gasteiger partial charge is 0.481 e. The van der Waals surface area contributed by atoms with Gasteiger partial charge in [0.05, 0.1) is 22.8 Å². The van der Waals surface area contributed by atoms with Crippen LogP contribution in [0.1, 0.15) is 18.1 Å². The van der Waals surface area contributed by atoms with Gasteiger partial charge in [0.25, 0.3) is 11.6 Å². The van der Waals surface area contributed by atoms with Crippen LogP contribution in [0.2, 0.25) is 5.02 Å². The lowest BCUT2D eigenvalue weighted by Gasteiger charge is -2.12. The third kappa shape index (κ3) is 5.03. The zero-order chi connectivity index (χ0) is 19.1. The topological polar surface area (TPSA) is 118 Å². The smallest absolute Gasteiger partial charge is 0.288 e. The number of hydrazone groups is 1. The Kier molecular flexibility index (Phi) is 6.25. The van der Waals surface area contributed by atoms with Crippen LogP contribution in [0.3, 0.4) is 0 Å². The summed E-state index contributed by atoms with van der Waals surface area (Å²) < 4.78 is 5.44. The van der Waals surface area contributed by atoms with E-state index < -0.39 is 16.9 Å². The van der Waals surface area contributed by atoms with Crippen molar-refractivity contribution in [3.8, 4) is 11.8 Å². The first-order valence-electron chi connectivity index (χ1n) is 7.34. The Hall–Kier alpha value is -3.44. The fourth-order valence-corrected chi connectivity index (χ4v) is 2.06. The van der Waals surface area contributed by atoms with E-state index in [1.807, 2.05) is 6.07 Å². The Morgan fingerprint density at radius 3 is 2.69 bits per heavy atom. The summed E-state index contributed by atoms with van der Waals surface area (Å²) in [5.74, 6) is -0.0713. The van der Waals surface area contributed by atoms with E-state index in [-0.39, 0.29) is 10.7 Å². The Labute approximate surface area is 153 Å². The predicted octanol–water partition coefficient (Wildman–Crippen LogP) is 3.04. The molecule has 0 bridgehead atoms. The summed E-state index contributed by atoms with van der Waals surface area (Å²) >= 11 is 5.72. The van der Waals surface area contributed by atoms with Crippen LogP contribution in [0.4, 0.5) is 5.69 Å². The lowest BCUT2D eigenvalue weighted by atomic mass is 10.2. The molecule has 0 aliphatic carbocycles. The molecule has 1 unspecified atom stereocenters. The number of hydrogen-bond donors (Lipinski definition) is 1. The summed E-state index contributed by atoms with van der Waals surface area (Å²) in [5.41, 5.74) is 2.92. The van der Waals surface area contributed by atoms with E-state index in [2.05, 4.69) is 10.5 Å². The normalized spacial score (nSPS) is 11.6. The molecule has 1 atom stereocenters. The molecule has 2 aromatic carbocycles. The van der Waals surface area contributed by atoms with Crippen LogP contribution in [0, 0.1) is 21.4 Å². The van der Waals surface area contributed by atoms with Gasteiger partial charge in [-0.1, -0.05) is 17.7 Å². The van der Waals surface area contributed by atoms with Gasteiger partial charge in [-0.05, 0) is 37.3 Å². The number of nitro groups is 1. The van der Waals surface area contributed by atoms with Crippen molar-refractivity contribution in [3.63, 3.8) is 0 Å². The van der Waals surface area contributed by atoms with Crippen LogP contribution in [-0.4, -0.2) is 23.1 Å². The van der Waals surface area contributed by atoms with Crippen LogP contribution in [-0.2, 0) is 4.79 Å². The second-order valence-electron chi connectivity index (χ2n) is 5.10. The molecule has 1 amide bonds. The molecule has 0 heterocycles. The zero-order valence-corrected chi connectivity index (χ0v) is 14.3. The first-order valence-corrected chi connectivity index (χ1v) is 7.72. The van der Waals surface area contributed by atoms with Crippen molar-refractivity contribution in [1.82, 2.24) is 5.43 Å². The Bertz CT molecular complexity index is 891.